The van der Waals surface area contributed by atoms with Crippen LogP contribution in [0.1, 0.15) is 54.8 Å². The Morgan fingerprint density at radius 1 is 1.19 bits per heavy atom. The average Bonchev–Trinajstić information content (AvgIpc) is 2.60. The number of Topliss-reactive ketones (excluding diaryl/α,β-unsaturated/α-hetero) is 1. The van der Waals surface area contributed by atoms with E-state index < -0.39 is 8.30 Å². The number of amides is 1. The van der Waals surface area contributed by atoms with E-state index in [2.05, 4.69) is 43.8 Å². The maximum absolute atomic E-state index is 12.9. The number of hydrogen-bond acceptors (Lipinski definition) is 5. The molecule has 1 aromatic rings. The summed E-state index contributed by atoms with van der Waals surface area (Å²) >= 11 is 0. The van der Waals surface area contributed by atoms with Crippen LogP contribution in [0.4, 0.5) is 0 Å². The van der Waals surface area contributed by atoms with E-state index >= 15 is 0 Å². The summed E-state index contributed by atoms with van der Waals surface area (Å²) in [6.07, 6.45) is 0.469. The fraction of sp³-hybridized carbons (Fsp3) is 0.526. The summed E-state index contributed by atoms with van der Waals surface area (Å²) in [7, 11) is 0.330. The first kappa shape index (κ1) is 22.2. The lowest BCUT2D eigenvalue weighted by molar-refractivity contribution is 0.0946. The van der Waals surface area contributed by atoms with Gasteiger partial charge in [-0.25, -0.2) is 0 Å². The smallest absolute Gasteiger partial charge is 0.251 e. The van der Waals surface area contributed by atoms with Gasteiger partial charge in [0.05, 0.1) is 30.8 Å². The number of nitrogens with zero attached hydrogens (tertiary/aromatic N) is 2. The Morgan fingerprint density at radius 2 is 1.77 bits per heavy atom. The Kier molecular flexibility index (Phi) is 9.43. The van der Waals surface area contributed by atoms with E-state index in [9.17, 15) is 9.59 Å². The van der Waals surface area contributed by atoms with Crippen LogP contribution in [0, 0.1) is 11.3 Å². The first-order valence-corrected chi connectivity index (χ1v) is 10.1. The highest BCUT2D eigenvalue weighted by Crippen LogP contribution is 2.45. The van der Waals surface area contributed by atoms with Crippen LogP contribution < -0.4 is 5.32 Å². The zero-order valence-electron chi connectivity index (χ0n) is 16.2. The molecule has 0 radical (unpaired) electrons. The largest absolute Gasteiger partial charge is 0.355 e. The first-order valence-electron chi connectivity index (χ1n) is 8.73. The standard InChI is InChI=1S/C19H28N3O3P/c1-14(2)22(15(3)4)26(25-12-8-11-20)13-18(23)16-9-6-7-10-17(16)19(24)21-5/h6-7,9-10,14-15H,8,12-13H2,1-5H3,(H,21,24). The van der Waals surface area contributed by atoms with E-state index in [-0.39, 0.29) is 36.4 Å². The van der Waals surface area contributed by atoms with Crippen LogP contribution >= 0.6 is 8.30 Å². The van der Waals surface area contributed by atoms with Gasteiger partial charge in [-0.15, -0.1) is 0 Å². The van der Waals surface area contributed by atoms with Gasteiger partial charge in [0.25, 0.3) is 5.91 Å². The Balaban J connectivity index is 3.09. The lowest BCUT2D eigenvalue weighted by Crippen LogP contribution is -2.35. The lowest BCUT2D eigenvalue weighted by atomic mass is 10.0. The van der Waals surface area contributed by atoms with Crippen LogP contribution in [-0.2, 0) is 4.52 Å². The van der Waals surface area contributed by atoms with E-state index in [1.165, 1.54) is 0 Å². The molecule has 1 rings (SSSR count). The molecule has 0 bridgehead atoms. The summed E-state index contributed by atoms with van der Waals surface area (Å²) in [5, 5.41) is 11.3. The Bertz CT molecular complexity index is 648. The third-order valence-corrected chi connectivity index (χ3v) is 6.23. The number of ketones is 1. The molecule has 1 atom stereocenters. The molecule has 1 N–H and O–H groups in total. The molecule has 6 nitrogen and oxygen atoms in total. The SMILES string of the molecule is CNC(=O)c1ccccc1C(=O)CP(OCCC#N)N(C(C)C)C(C)C. The molecule has 0 fully saturated rings. The molecule has 1 unspecified atom stereocenters. The second-order valence-electron chi connectivity index (χ2n) is 6.37. The van der Waals surface area contributed by atoms with Gasteiger partial charge in [-0.1, -0.05) is 18.2 Å². The Labute approximate surface area is 157 Å². The number of benzene rings is 1. The normalized spacial score (nSPS) is 12.3. The quantitative estimate of drug-likeness (QED) is 0.383. The van der Waals surface area contributed by atoms with Crippen molar-refractivity contribution in [2.45, 2.75) is 46.2 Å². The third-order valence-electron chi connectivity index (χ3n) is 3.75. The van der Waals surface area contributed by atoms with Crippen molar-refractivity contribution in [3.8, 4) is 6.07 Å². The van der Waals surface area contributed by atoms with E-state index in [1.807, 2.05) is 0 Å². The fourth-order valence-electron chi connectivity index (χ4n) is 2.77. The minimum absolute atomic E-state index is 0.126. The van der Waals surface area contributed by atoms with Gasteiger partial charge in [-0.3, -0.25) is 14.3 Å². The molecule has 1 aromatic carbocycles. The van der Waals surface area contributed by atoms with Crippen LogP contribution in [0.15, 0.2) is 24.3 Å². The first-order chi connectivity index (χ1) is 12.3. The zero-order chi connectivity index (χ0) is 19.7. The van der Waals surface area contributed by atoms with Crippen molar-refractivity contribution >= 4 is 20.0 Å². The van der Waals surface area contributed by atoms with Gasteiger partial charge in [0.1, 0.15) is 8.30 Å². The molecule has 0 aliphatic carbocycles. The summed E-state index contributed by atoms with van der Waals surface area (Å²) in [6, 6.07) is 9.27. The van der Waals surface area contributed by atoms with E-state index in [4.69, 9.17) is 9.79 Å². The topological polar surface area (TPSA) is 82.4 Å². The number of hydrogen-bond donors (Lipinski definition) is 1. The number of carbonyl (C=O) groups excluding carboxylic acids is 2. The second kappa shape index (κ2) is 11.0. The minimum Gasteiger partial charge on any atom is -0.355 e. The fourth-order valence-corrected chi connectivity index (χ4v) is 4.91. The molecule has 7 heteroatoms. The highest BCUT2D eigenvalue weighted by molar-refractivity contribution is 7.51. The number of rotatable bonds is 10. The monoisotopic (exact) mass is 377 g/mol. The van der Waals surface area contributed by atoms with Crippen molar-refractivity contribution in [1.82, 2.24) is 9.99 Å². The highest BCUT2D eigenvalue weighted by atomic mass is 31.2. The molecule has 1 amide bonds. The predicted octanol–water partition coefficient (Wildman–Crippen LogP) is 3.59. The van der Waals surface area contributed by atoms with Crippen LogP contribution in [0.25, 0.3) is 0 Å². The van der Waals surface area contributed by atoms with Gasteiger partial charge in [-0.05, 0) is 33.8 Å². The van der Waals surface area contributed by atoms with Crippen molar-refractivity contribution in [1.29, 1.82) is 5.26 Å². The van der Waals surface area contributed by atoms with Gasteiger partial charge in [-0.2, -0.15) is 5.26 Å². The van der Waals surface area contributed by atoms with Crippen LogP contribution in [0.3, 0.4) is 0 Å². The van der Waals surface area contributed by atoms with Crippen LogP contribution in [-0.4, -0.2) is 48.3 Å². The van der Waals surface area contributed by atoms with Crippen LogP contribution in [0.5, 0.6) is 0 Å². The third kappa shape index (κ3) is 6.17. The van der Waals surface area contributed by atoms with Gasteiger partial charge < -0.3 is 9.84 Å². The number of nitriles is 1. The van der Waals surface area contributed by atoms with Gasteiger partial charge >= 0.3 is 0 Å². The van der Waals surface area contributed by atoms with E-state index in [0.29, 0.717) is 17.7 Å². The molecule has 0 spiro atoms. The van der Waals surface area contributed by atoms with Crippen molar-refractivity contribution in [2.24, 2.45) is 0 Å². The molecule has 26 heavy (non-hydrogen) atoms. The Morgan fingerprint density at radius 3 is 2.27 bits per heavy atom. The average molecular weight is 377 g/mol. The zero-order valence-corrected chi connectivity index (χ0v) is 17.0. The second-order valence-corrected chi connectivity index (χ2v) is 8.11. The molecule has 0 aliphatic heterocycles. The van der Waals surface area contributed by atoms with Crippen molar-refractivity contribution < 1.29 is 14.1 Å². The molecule has 0 saturated carbocycles. The van der Waals surface area contributed by atoms with E-state index in [1.54, 1.807) is 31.3 Å². The van der Waals surface area contributed by atoms with E-state index in [0.717, 1.165) is 0 Å². The summed E-state index contributed by atoms with van der Waals surface area (Å²) < 4.78 is 8.11. The molecular formula is C19H28N3O3P. The molecule has 0 saturated heterocycles. The Hall–Kier alpha value is -1.80. The van der Waals surface area contributed by atoms with Crippen LogP contribution in [0.2, 0.25) is 0 Å². The summed E-state index contributed by atoms with van der Waals surface area (Å²) in [4.78, 5) is 25.0. The highest BCUT2D eigenvalue weighted by Gasteiger charge is 2.29. The summed E-state index contributed by atoms with van der Waals surface area (Å²) in [6.45, 7) is 8.54. The minimum atomic E-state index is -1.21. The van der Waals surface area contributed by atoms with Crippen molar-refractivity contribution in [3.05, 3.63) is 35.4 Å². The number of carbonyl (C=O) groups is 2. The summed E-state index contributed by atoms with van der Waals surface area (Å²) in [5.74, 6) is -0.410. The summed E-state index contributed by atoms with van der Waals surface area (Å²) in [5.41, 5.74) is 0.767. The molecule has 0 heterocycles. The lowest BCUT2D eigenvalue weighted by Gasteiger charge is -2.36. The molecule has 142 valence electrons. The van der Waals surface area contributed by atoms with Gasteiger partial charge in [0.2, 0.25) is 0 Å². The maximum Gasteiger partial charge on any atom is 0.251 e. The van der Waals surface area contributed by atoms with Crippen molar-refractivity contribution in [3.63, 3.8) is 0 Å². The molecular weight excluding hydrogens is 349 g/mol. The maximum atomic E-state index is 12.9. The molecule has 0 aliphatic rings. The predicted molar refractivity (Wildman–Crippen MR) is 104 cm³/mol. The van der Waals surface area contributed by atoms with Crippen molar-refractivity contribution in [2.75, 3.05) is 19.8 Å². The van der Waals surface area contributed by atoms with Gasteiger partial charge in [0.15, 0.2) is 5.78 Å². The van der Waals surface area contributed by atoms with Gasteiger partial charge in [0, 0.05) is 24.7 Å². The number of nitrogens with one attached hydrogen (secondary N) is 1. The molecule has 0 aromatic heterocycles.